The molecule has 2 aromatic heterocycles. The minimum Gasteiger partial charge on any atom is -0.490 e. The standard InChI is InChI=1S/C25H30N4O2S/c1-3-13-31-19-9-7-18(8-10-19)16-28(2)24-23-20-5-4-6-21(20)32-25(23)27-22(26-24)17-29-11-14-30-15-12-29/h3,7-10H,1,4-6,11-17H2,2H3/p+1. The third kappa shape index (κ3) is 4.51. The number of aromatic nitrogens is 2. The number of quaternary nitrogens is 1. The van der Waals surface area contributed by atoms with Crippen molar-refractivity contribution in [1.82, 2.24) is 9.97 Å². The molecule has 168 valence electrons. The van der Waals surface area contributed by atoms with E-state index in [-0.39, 0.29) is 0 Å². The highest BCUT2D eigenvalue weighted by Gasteiger charge is 2.25. The monoisotopic (exact) mass is 451 g/mol. The van der Waals surface area contributed by atoms with E-state index >= 15 is 0 Å². The van der Waals surface area contributed by atoms with E-state index in [1.165, 1.54) is 39.1 Å². The van der Waals surface area contributed by atoms with E-state index in [4.69, 9.17) is 19.4 Å². The molecule has 7 heteroatoms. The lowest BCUT2D eigenvalue weighted by atomic mass is 10.1. The van der Waals surface area contributed by atoms with Crippen LogP contribution < -0.4 is 14.5 Å². The average Bonchev–Trinajstić information content (AvgIpc) is 3.40. The molecule has 2 aliphatic rings. The van der Waals surface area contributed by atoms with E-state index in [0.29, 0.717) is 6.61 Å². The Bertz CT molecular complexity index is 1090. The van der Waals surface area contributed by atoms with Crippen molar-refractivity contribution in [2.75, 3.05) is 44.9 Å². The van der Waals surface area contributed by atoms with Gasteiger partial charge in [-0.1, -0.05) is 24.8 Å². The van der Waals surface area contributed by atoms with Gasteiger partial charge in [-0.05, 0) is 42.5 Å². The molecule has 0 saturated carbocycles. The van der Waals surface area contributed by atoms with Gasteiger partial charge in [0.2, 0.25) is 0 Å². The Morgan fingerprint density at radius 1 is 1.19 bits per heavy atom. The summed E-state index contributed by atoms with van der Waals surface area (Å²) in [5, 5.41) is 1.27. The summed E-state index contributed by atoms with van der Waals surface area (Å²) >= 11 is 1.87. The number of morpholine rings is 1. The molecule has 1 aliphatic carbocycles. The van der Waals surface area contributed by atoms with Crippen LogP contribution in [-0.4, -0.2) is 49.9 Å². The average molecular weight is 452 g/mol. The Labute approximate surface area is 193 Å². The maximum atomic E-state index is 5.62. The highest BCUT2D eigenvalue weighted by atomic mass is 32.1. The molecule has 1 aliphatic heterocycles. The molecular weight excluding hydrogens is 420 g/mol. The van der Waals surface area contributed by atoms with Crippen LogP contribution >= 0.6 is 11.3 Å². The van der Waals surface area contributed by atoms with Crippen molar-refractivity contribution in [1.29, 1.82) is 0 Å². The summed E-state index contributed by atoms with van der Waals surface area (Å²) in [5.74, 6) is 2.89. The van der Waals surface area contributed by atoms with Crippen LogP contribution in [0.5, 0.6) is 5.75 Å². The first-order valence-corrected chi connectivity index (χ1v) is 12.3. The summed E-state index contributed by atoms with van der Waals surface area (Å²) in [7, 11) is 2.15. The molecule has 0 radical (unpaired) electrons. The molecule has 0 unspecified atom stereocenters. The molecule has 0 amide bonds. The van der Waals surface area contributed by atoms with Crippen molar-refractivity contribution in [2.45, 2.75) is 32.4 Å². The van der Waals surface area contributed by atoms with Crippen LogP contribution in [0.1, 0.15) is 28.2 Å². The fourth-order valence-electron chi connectivity index (χ4n) is 4.63. The molecule has 5 rings (SSSR count). The largest absolute Gasteiger partial charge is 0.490 e. The third-order valence-corrected chi connectivity index (χ3v) is 7.46. The number of ether oxygens (including phenoxy) is 2. The Morgan fingerprint density at radius 2 is 2.00 bits per heavy atom. The summed E-state index contributed by atoms with van der Waals surface area (Å²) in [4.78, 5) is 16.6. The highest BCUT2D eigenvalue weighted by Crippen LogP contribution is 2.40. The maximum absolute atomic E-state index is 5.62. The number of rotatable bonds is 8. The molecule has 0 spiro atoms. The van der Waals surface area contributed by atoms with E-state index in [1.807, 2.05) is 23.5 Å². The smallest absolute Gasteiger partial charge is 0.187 e. The number of nitrogens with zero attached hydrogens (tertiary/aromatic N) is 3. The number of fused-ring (bicyclic) bond motifs is 3. The minimum absolute atomic E-state index is 0.523. The number of nitrogens with one attached hydrogen (secondary N) is 1. The molecule has 1 saturated heterocycles. The van der Waals surface area contributed by atoms with E-state index in [1.54, 1.807) is 6.08 Å². The number of aryl methyl sites for hydroxylation is 2. The van der Waals surface area contributed by atoms with Crippen molar-refractivity contribution in [3.8, 4) is 5.75 Å². The molecule has 1 fully saturated rings. The van der Waals surface area contributed by atoms with Crippen LogP contribution in [0.4, 0.5) is 5.82 Å². The van der Waals surface area contributed by atoms with E-state index in [0.717, 1.165) is 68.0 Å². The molecular formula is C25H31N4O2S+. The van der Waals surface area contributed by atoms with Gasteiger partial charge in [-0.25, -0.2) is 9.97 Å². The topological polar surface area (TPSA) is 51.9 Å². The van der Waals surface area contributed by atoms with E-state index in [2.05, 4.69) is 30.7 Å². The van der Waals surface area contributed by atoms with Gasteiger partial charge in [0, 0.05) is 18.5 Å². The molecule has 0 bridgehead atoms. The lowest BCUT2D eigenvalue weighted by Gasteiger charge is -2.24. The maximum Gasteiger partial charge on any atom is 0.187 e. The second-order valence-corrected chi connectivity index (χ2v) is 9.72. The Morgan fingerprint density at radius 3 is 2.78 bits per heavy atom. The van der Waals surface area contributed by atoms with E-state index in [9.17, 15) is 0 Å². The fraction of sp³-hybridized carbons (Fsp3) is 0.440. The van der Waals surface area contributed by atoms with Crippen LogP contribution in [0.3, 0.4) is 0 Å². The second-order valence-electron chi connectivity index (χ2n) is 8.64. The normalized spacial score (nSPS) is 16.3. The van der Waals surface area contributed by atoms with Gasteiger partial charge in [0.05, 0.1) is 18.6 Å². The van der Waals surface area contributed by atoms with Crippen LogP contribution in [-0.2, 0) is 30.7 Å². The molecule has 3 aromatic rings. The second kappa shape index (κ2) is 9.57. The first-order chi connectivity index (χ1) is 15.7. The molecule has 0 atom stereocenters. The first kappa shape index (κ1) is 21.4. The summed E-state index contributed by atoms with van der Waals surface area (Å²) in [6, 6.07) is 8.31. The fourth-order valence-corrected chi connectivity index (χ4v) is 5.90. The number of hydrogen-bond donors (Lipinski definition) is 1. The zero-order chi connectivity index (χ0) is 21.9. The van der Waals surface area contributed by atoms with E-state index < -0.39 is 0 Å². The van der Waals surface area contributed by atoms with Gasteiger partial charge in [0.25, 0.3) is 0 Å². The Kier molecular flexibility index (Phi) is 6.39. The Balaban J connectivity index is 1.43. The molecule has 32 heavy (non-hydrogen) atoms. The summed E-state index contributed by atoms with van der Waals surface area (Å²) < 4.78 is 11.1. The first-order valence-electron chi connectivity index (χ1n) is 11.5. The van der Waals surface area contributed by atoms with Gasteiger partial charge < -0.3 is 19.3 Å². The van der Waals surface area contributed by atoms with Gasteiger partial charge >= 0.3 is 0 Å². The van der Waals surface area contributed by atoms with Gasteiger partial charge in [0.15, 0.2) is 5.82 Å². The van der Waals surface area contributed by atoms with Crippen LogP contribution in [0, 0.1) is 0 Å². The molecule has 6 nitrogen and oxygen atoms in total. The van der Waals surface area contributed by atoms with Crippen LogP contribution in [0.25, 0.3) is 10.2 Å². The summed E-state index contributed by atoms with van der Waals surface area (Å²) in [5.41, 5.74) is 2.71. The van der Waals surface area contributed by atoms with Crippen molar-refractivity contribution in [2.24, 2.45) is 0 Å². The predicted octanol–water partition coefficient (Wildman–Crippen LogP) is 2.80. The van der Waals surface area contributed by atoms with Gasteiger partial charge in [-0.3, -0.25) is 0 Å². The van der Waals surface area contributed by atoms with Gasteiger partial charge in [-0.15, -0.1) is 11.3 Å². The number of thiophene rings is 1. The zero-order valence-corrected chi connectivity index (χ0v) is 19.5. The molecule has 1 N–H and O–H groups in total. The van der Waals surface area contributed by atoms with Gasteiger partial charge in [0.1, 0.15) is 42.6 Å². The lowest BCUT2D eigenvalue weighted by molar-refractivity contribution is -0.922. The number of benzene rings is 1. The predicted molar refractivity (Wildman–Crippen MR) is 129 cm³/mol. The van der Waals surface area contributed by atoms with Gasteiger partial charge in [-0.2, -0.15) is 0 Å². The van der Waals surface area contributed by atoms with Crippen LogP contribution in [0.2, 0.25) is 0 Å². The van der Waals surface area contributed by atoms with Crippen molar-refractivity contribution in [3.63, 3.8) is 0 Å². The quantitative estimate of drug-likeness (QED) is 0.534. The van der Waals surface area contributed by atoms with Crippen LogP contribution in [0.15, 0.2) is 36.9 Å². The molecule has 3 heterocycles. The van der Waals surface area contributed by atoms with Crippen molar-refractivity contribution < 1.29 is 14.4 Å². The lowest BCUT2D eigenvalue weighted by Crippen LogP contribution is -3.12. The highest BCUT2D eigenvalue weighted by molar-refractivity contribution is 7.19. The number of hydrogen-bond acceptors (Lipinski definition) is 6. The number of anilines is 1. The van der Waals surface area contributed by atoms with Crippen molar-refractivity contribution >= 4 is 27.4 Å². The minimum atomic E-state index is 0.523. The molecule has 1 aromatic carbocycles. The van der Waals surface area contributed by atoms with Crippen molar-refractivity contribution in [3.05, 3.63) is 58.7 Å². The summed E-state index contributed by atoms with van der Waals surface area (Å²) in [6.07, 6.45) is 5.32. The summed E-state index contributed by atoms with van der Waals surface area (Å²) in [6.45, 7) is 9.57. The SMILES string of the molecule is C=CCOc1ccc(CN(C)c2nc(C[NH+]3CCOCC3)nc3sc4c(c23)CCC4)cc1. The zero-order valence-electron chi connectivity index (χ0n) is 18.7. The Hall–Kier alpha value is -2.48. The third-order valence-electron chi connectivity index (χ3n) is 6.27.